The first-order valence-electron chi connectivity index (χ1n) is 9.72. The number of amides is 3. The van der Waals surface area contributed by atoms with E-state index in [0.29, 0.717) is 27.0 Å². The van der Waals surface area contributed by atoms with Crippen molar-refractivity contribution < 1.29 is 24.7 Å². The van der Waals surface area contributed by atoms with Gasteiger partial charge in [-0.25, -0.2) is 14.6 Å². The van der Waals surface area contributed by atoms with Crippen LogP contribution in [0.15, 0.2) is 42.6 Å². The van der Waals surface area contributed by atoms with Crippen molar-refractivity contribution in [1.82, 2.24) is 19.4 Å². The number of benzene rings is 1. The number of nitrogens with zero attached hydrogens (tertiary/aromatic N) is 4. The van der Waals surface area contributed by atoms with Gasteiger partial charge in [0.15, 0.2) is 11.5 Å². The number of hydrogen-bond donors (Lipinski definition) is 3. The Bertz CT molecular complexity index is 1150. The van der Waals surface area contributed by atoms with Crippen molar-refractivity contribution in [2.24, 2.45) is 0 Å². The van der Waals surface area contributed by atoms with Gasteiger partial charge in [-0.05, 0) is 30.7 Å². The van der Waals surface area contributed by atoms with Gasteiger partial charge in [0, 0.05) is 19.3 Å². The zero-order valence-electron chi connectivity index (χ0n) is 16.7. The molecule has 0 spiro atoms. The number of phenolic OH excluding ortho intramolecular Hbond substituents is 1. The van der Waals surface area contributed by atoms with E-state index in [4.69, 9.17) is 16.7 Å². The van der Waals surface area contributed by atoms with E-state index in [1.54, 1.807) is 41.9 Å². The second-order valence-corrected chi connectivity index (χ2v) is 7.60. The number of carbonyl (C=O) groups excluding carboxylic acids is 2. The van der Waals surface area contributed by atoms with E-state index in [1.807, 2.05) is 0 Å². The van der Waals surface area contributed by atoms with Crippen LogP contribution in [0, 0.1) is 0 Å². The lowest BCUT2D eigenvalue weighted by Gasteiger charge is -2.26. The summed E-state index contributed by atoms with van der Waals surface area (Å²) in [6.07, 6.45) is 1.79. The largest absolute Gasteiger partial charge is 0.507 e. The van der Waals surface area contributed by atoms with E-state index in [0.717, 1.165) is 4.90 Å². The second-order valence-electron chi connectivity index (χ2n) is 7.17. The summed E-state index contributed by atoms with van der Waals surface area (Å²) in [4.78, 5) is 36.4. The maximum Gasteiger partial charge on any atom is 0.430 e. The fraction of sp³-hybridized carbons (Fsp3) is 0.238. The van der Waals surface area contributed by atoms with E-state index in [1.165, 1.54) is 12.3 Å². The van der Waals surface area contributed by atoms with Gasteiger partial charge in [0.1, 0.15) is 5.75 Å². The molecule has 1 aliphatic heterocycles. The predicted octanol–water partition coefficient (Wildman–Crippen LogP) is 1.46. The highest BCUT2D eigenvalue weighted by Gasteiger charge is 2.44. The molecule has 0 aliphatic carbocycles. The normalized spacial score (nSPS) is 16.0. The molecule has 9 nitrogen and oxygen atoms in total. The van der Waals surface area contributed by atoms with Crippen molar-refractivity contribution >= 4 is 29.4 Å². The summed E-state index contributed by atoms with van der Waals surface area (Å²) in [5.74, 6) is 0.137. The molecule has 0 radical (unpaired) electrons. The van der Waals surface area contributed by atoms with Gasteiger partial charge in [-0.3, -0.25) is 9.78 Å². The number of quaternary nitrogens is 1. The van der Waals surface area contributed by atoms with E-state index < -0.39 is 11.9 Å². The number of aromatic hydroxyl groups is 1. The Balaban J connectivity index is 1.90. The van der Waals surface area contributed by atoms with Crippen LogP contribution in [0.1, 0.15) is 22.6 Å². The second kappa shape index (κ2) is 8.46. The Morgan fingerprint density at radius 1 is 1.16 bits per heavy atom. The van der Waals surface area contributed by atoms with Crippen LogP contribution in [0.2, 0.25) is 5.02 Å². The summed E-state index contributed by atoms with van der Waals surface area (Å²) in [6, 6.07) is 9.67. The van der Waals surface area contributed by atoms with Gasteiger partial charge in [0.2, 0.25) is 0 Å². The van der Waals surface area contributed by atoms with Gasteiger partial charge in [-0.15, -0.1) is 0 Å². The highest BCUT2D eigenvalue weighted by atomic mass is 35.5. The summed E-state index contributed by atoms with van der Waals surface area (Å²) < 4.78 is 1.66. The minimum absolute atomic E-state index is 0.00345. The Morgan fingerprint density at radius 3 is 2.61 bits per heavy atom. The average molecular weight is 443 g/mol. The lowest BCUT2D eigenvalue weighted by atomic mass is 10.2. The monoisotopic (exact) mass is 442 g/mol. The summed E-state index contributed by atoms with van der Waals surface area (Å²) in [5, 5.41) is 20.1. The smallest absolute Gasteiger partial charge is 0.430 e. The minimum atomic E-state index is -0.498. The van der Waals surface area contributed by atoms with Gasteiger partial charge < -0.3 is 14.8 Å². The molecular formula is C21H21ClN5O4+. The van der Waals surface area contributed by atoms with Crippen molar-refractivity contribution in [3.8, 4) is 17.1 Å². The molecule has 10 heteroatoms. The standard InChI is InChI=1S/C21H20ClN5O4/c1-25-19-17(20(30)26(21(25)31)9-4-10-28)27(12-14-8-7-13(22)11-23-14)18(24-19)15-5-2-3-6-16(15)29/h2-3,5-8,11,28-29H,4,9-10,12H2,1H3/p+1. The summed E-state index contributed by atoms with van der Waals surface area (Å²) in [6.45, 7) is 0.144. The molecule has 0 saturated carbocycles. The number of para-hydroxylation sites is 1. The predicted molar refractivity (Wildman–Crippen MR) is 112 cm³/mol. The number of pyridine rings is 1. The van der Waals surface area contributed by atoms with Gasteiger partial charge in [-0.2, -0.15) is 4.98 Å². The molecule has 1 aromatic carbocycles. The number of imidazole rings is 1. The molecule has 2 aromatic heterocycles. The first kappa shape index (κ1) is 21.0. The van der Waals surface area contributed by atoms with Crippen molar-refractivity contribution in [2.75, 3.05) is 20.2 Å². The molecule has 3 N–H and O–H groups in total. The number of imide groups is 1. The summed E-state index contributed by atoms with van der Waals surface area (Å²) in [7, 11) is 1.62. The molecule has 1 atom stereocenters. The van der Waals surface area contributed by atoms with Gasteiger partial charge in [-0.1, -0.05) is 23.7 Å². The zero-order chi connectivity index (χ0) is 22.1. The Hall–Kier alpha value is -3.27. The number of hydrogen-bond acceptors (Lipinski definition) is 6. The first-order valence-corrected chi connectivity index (χ1v) is 10.1. The first-order chi connectivity index (χ1) is 14.9. The molecule has 0 saturated heterocycles. The lowest BCUT2D eigenvalue weighted by Crippen LogP contribution is -3.10. The number of halogens is 1. The molecule has 31 heavy (non-hydrogen) atoms. The van der Waals surface area contributed by atoms with Crippen LogP contribution in [0.3, 0.4) is 0 Å². The number of carbonyl (C=O) groups is 2. The Labute approximate surface area is 183 Å². The quantitative estimate of drug-likeness (QED) is 0.532. The minimum Gasteiger partial charge on any atom is -0.507 e. The van der Waals surface area contributed by atoms with Gasteiger partial charge >= 0.3 is 6.03 Å². The van der Waals surface area contributed by atoms with Crippen molar-refractivity contribution in [1.29, 1.82) is 0 Å². The van der Waals surface area contributed by atoms with Gasteiger partial charge in [0.05, 0.1) is 29.9 Å². The van der Waals surface area contributed by atoms with Gasteiger partial charge in [0.25, 0.3) is 11.7 Å². The van der Waals surface area contributed by atoms with Crippen LogP contribution < -0.4 is 4.90 Å². The number of phenols is 1. The van der Waals surface area contributed by atoms with Crippen LogP contribution in [0.25, 0.3) is 11.4 Å². The number of aliphatic hydroxyl groups excluding tert-OH is 1. The molecule has 1 aliphatic rings. The Morgan fingerprint density at radius 2 is 1.94 bits per heavy atom. The third kappa shape index (κ3) is 3.78. The average Bonchev–Trinajstić information content (AvgIpc) is 3.13. The number of aliphatic hydroxyl groups is 1. The molecule has 3 aromatic rings. The van der Waals surface area contributed by atoms with Crippen LogP contribution in [-0.2, 0) is 6.54 Å². The molecule has 0 bridgehead atoms. The third-order valence-electron chi connectivity index (χ3n) is 5.13. The SMILES string of the molecule is C[NH+]1C(=O)N(CCCO)C(=O)c2c1nc(-c1ccccc1O)n2Cc1ccc(Cl)cn1. The van der Waals surface area contributed by atoms with Crippen molar-refractivity contribution in [3.05, 3.63) is 59.0 Å². The topological polar surface area (TPSA) is 113 Å². The molecular weight excluding hydrogens is 422 g/mol. The number of nitrogens with one attached hydrogen (secondary N) is 1. The number of rotatable bonds is 6. The highest BCUT2D eigenvalue weighted by molar-refractivity contribution is 6.30. The van der Waals surface area contributed by atoms with Crippen LogP contribution >= 0.6 is 11.6 Å². The van der Waals surface area contributed by atoms with Crippen LogP contribution in [0.4, 0.5) is 10.6 Å². The zero-order valence-corrected chi connectivity index (χ0v) is 17.5. The van der Waals surface area contributed by atoms with E-state index in [-0.39, 0.29) is 43.4 Å². The number of aromatic nitrogens is 3. The highest BCUT2D eigenvalue weighted by Crippen LogP contribution is 2.32. The third-order valence-corrected chi connectivity index (χ3v) is 5.35. The number of fused-ring (bicyclic) bond motifs is 1. The van der Waals surface area contributed by atoms with E-state index in [2.05, 4.69) is 9.97 Å². The van der Waals surface area contributed by atoms with Crippen LogP contribution in [0.5, 0.6) is 5.75 Å². The van der Waals surface area contributed by atoms with Crippen molar-refractivity contribution in [2.45, 2.75) is 13.0 Å². The fourth-order valence-corrected chi connectivity index (χ4v) is 3.68. The lowest BCUT2D eigenvalue weighted by molar-refractivity contribution is -0.726. The summed E-state index contributed by atoms with van der Waals surface area (Å²) in [5.41, 5.74) is 1.30. The van der Waals surface area contributed by atoms with E-state index >= 15 is 0 Å². The molecule has 1 unspecified atom stereocenters. The molecule has 4 rings (SSSR count). The van der Waals surface area contributed by atoms with Crippen molar-refractivity contribution in [3.63, 3.8) is 0 Å². The maximum atomic E-state index is 13.3. The molecule has 0 fully saturated rings. The Kier molecular flexibility index (Phi) is 5.73. The maximum absolute atomic E-state index is 13.3. The molecule has 3 heterocycles. The number of urea groups is 1. The van der Waals surface area contributed by atoms with E-state index in [9.17, 15) is 14.7 Å². The van der Waals surface area contributed by atoms with Crippen LogP contribution in [-0.4, -0.2) is 61.8 Å². The molecule has 3 amide bonds. The molecule has 160 valence electrons. The fourth-order valence-electron chi connectivity index (χ4n) is 3.57. The summed E-state index contributed by atoms with van der Waals surface area (Å²) >= 11 is 5.95.